The third-order valence-electron chi connectivity index (χ3n) is 5.02. The molecule has 0 radical (unpaired) electrons. The highest BCUT2D eigenvalue weighted by Gasteiger charge is 2.41. The van der Waals surface area contributed by atoms with E-state index < -0.39 is 0 Å². The largest absolute Gasteiger partial charge is 0.375 e. The second-order valence-corrected chi connectivity index (χ2v) is 6.56. The quantitative estimate of drug-likeness (QED) is 0.748. The SMILES string of the molecule is CCCNC(CCC1CC1)C1C(C)OC(C)C1C. The van der Waals surface area contributed by atoms with Crippen LogP contribution in [0.25, 0.3) is 0 Å². The Hall–Kier alpha value is -0.0800. The molecular formula is C16H31NO. The zero-order valence-corrected chi connectivity index (χ0v) is 12.6. The van der Waals surface area contributed by atoms with Crippen molar-refractivity contribution in [3.63, 3.8) is 0 Å². The molecule has 0 aromatic rings. The summed E-state index contributed by atoms with van der Waals surface area (Å²) in [5, 5.41) is 3.80. The van der Waals surface area contributed by atoms with Gasteiger partial charge >= 0.3 is 0 Å². The predicted octanol–water partition coefficient (Wildman–Crippen LogP) is 3.60. The molecule has 0 aromatic heterocycles. The van der Waals surface area contributed by atoms with Crippen LogP contribution in [0.3, 0.4) is 0 Å². The molecule has 2 fully saturated rings. The zero-order valence-electron chi connectivity index (χ0n) is 12.6. The normalized spacial score (nSPS) is 38.0. The maximum Gasteiger partial charge on any atom is 0.0597 e. The molecule has 18 heavy (non-hydrogen) atoms. The van der Waals surface area contributed by atoms with Crippen LogP contribution >= 0.6 is 0 Å². The van der Waals surface area contributed by atoms with Crippen LogP contribution in [0.1, 0.15) is 59.8 Å². The minimum absolute atomic E-state index is 0.420. The van der Waals surface area contributed by atoms with Gasteiger partial charge in [-0.05, 0) is 51.5 Å². The lowest BCUT2D eigenvalue weighted by molar-refractivity contribution is 0.0470. The van der Waals surface area contributed by atoms with Crippen molar-refractivity contribution < 1.29 is 4.74 Å². The first kappa shape index (κ1) is 14.3. The molecule has 0 amide bonds. The van der Waals surface area contributed by atoms with Crippen molar-refractivity contribution in [2.45, 2.75) is 78.0 Å². The molecule has 5 unspecified atom stereocenters. The van der Waals surface area contributed by atoms with E-state index in [2.05, 4.69) is 33.0 Å². The van der Waals surface area contributed by atoms with Gasteiger partial charge in [-0.3, -0.25) is 0 Å². The summed E-state index contributed by atoms with van der Waals surface area (Å²) in [5.74, 6) is 2.43. The van der Waals surface area contributed by atoms with Gasteiger partial charge in [-0.15, -0.1) is 0 Å². The predicted molar refractivity (Wildman–Crippen MR) is 76.7 cm³/mol. The van der Waals surface area contributed by atoms with Crippen molar-refractivity contribution in [2.75, 3.05) is 6.54 Å². The topological polar surface area (TPSA) is 21.3 Å². The Bertz CT molecular complexity index is 251. The maximum absolute atomic E-state index is 6.03. The van der Waals surface area contributed by atoms with Crippen LogP contribution in [-0.2, 0) is 4.74 Å². The van der Waals surface area contributed by atoms with Crippen LogP contribution in [-0.4, -0.2) is 24.8 Å². The lowest BCUT2D eigenvalue weighted by Crippen LogP contribution is -2.42. The molecule has 2 heteroatoms. The summed E-state index contributed by atoms with van der Waals surface area (Å²) >= 11 is 0. The summed E-state index contributed by atoms with van der Waals surface area (Å²) in [6.07, 6.45) is 7.80. The summed E-state index contributed by atoms with van der Waals surface area (Å²) < 4.78 is 6.03. The smallest absolute Gasteiger partial charge is 0.0597 e. The molecule has 1 saturated carbocycles. The van der Waals surface area contributed by atoms with Crippen LogP contribution in [0.5, 0.6) is 0 Å². The molecule has 1 N–H and O–H groups in total. The van der Waals surface area contributed by atoms with Crippen LogP contribution in [0, 0.1) is 17.8 Å². The molecule has 2 aliphatic rings. The second-order valence-electron chi connectivity index (χ2n) is 6.56. The van der Waals surface area contributed by atoms with Crippen molar-refractivity contribution in [1.29, 1.82) is 0 Å². The van der Waals surface area contributed by atoms with E-state index in [1.807, 2.05) is 0 Å². The van der Waals surface area contributed by atoms with Gasteiger partial charge in [0.1, 0.15) is 0 Å². The van der Waals surface area contributed by atoms with Gasteiger partial charge in [0.25, 0.3) is 0 Å². The molecule has 1 heterocycles. The van der Waals surface area contributed by atoms with Gasteiger partial charge in [0.05, 0.1) is 12.2 Å². The van der Waals surface area contributed by atoms with Crippen molar-refractivity contribution in [1.82, 2.24) is 5.32 Å². The summed E-state index contributed by atoms with van der Waals surface area (Å²) in [6, 6.07) is 0.667. The second kappa shape index (κ2) is 6.38. The Morgan fingerprint density at radius 3 is 2.39 bits per heavy atom. The highest BCUT2D eigenvalue weighted by molar-refractivity contribution is 4.92. The van der Waals surface area contributed by atoms with E-state index in [-0.39, 0.29) is 0 Å². The van der Waals surface area contributed by atoms with Crippen LogP contribution in [0.15, 0.2) is 0 Å². The number of hydrogen-bond donors (Lipinski definition) is 1. The van der Waals surface area contributed by atoms with Gasteiger partial charge in [-0.2, -0.15) is 0 Å². The summed E-state index contributed by atoms with van der Waals surface area (Å²) in [7, 11) is 0. The van der Waals surface area contributed by atoms with Crippen molar-refractivity contribution in [3.8, 4) is 0 Å². The summed E-state index contributed by atoms with van der Waals surface area (Å²) in [6.45, 7) is 10.3. The number of ether oxygens (including phenoxy) is 1. The van der Waals surface area contributed by atoms with Gasteiger partial charge in [0.2, 0.25) is 0 Å². The first-order valence-corrected chi connectivity index (χ1v) is 8.02. The fourth-order valence-electron chi connectivity index (χ4n) is 3.57. The monoisotopic (exact) mass is 253 g/mol. The average molecular weight is 253 g/mol. The van der Waals surface area contributed by atoms with Crippen molar-refractivity contribution in [3.05, 3.63) is 0 Å². The zero-order chi connectivity index (χ0) is 13.1. The number of nitrogens with one attached hydrogen (secondary N) is 1. The highest BCUT2D eigenvalue weighted by atomic mass is 16.5. The molecule has 1 aliphatic heterocycles. The molecule has 0 spiro atoms. The van der Waals surface area contributed by atoms with Crippen LogP contribution in [0.4, 0.5) is 0 Å². The summed E-state index contributed by atoms with van der Waals surface area (Å²) in [4.78, 5) is 0. The summed E-state index contributed by atoms with van der Waals surface area (Å²) in [5.41, 5.74) is 0. The van der Waals surface area contributed by atoms with Gasteiger partial charge in [0.15, 0.2) is 0 Å². The number of hydrogen-bond acceptors (Lipinski definition) is 2. The Morgan fingerprint density at radius 1 is 1.17 bits per heavy atom. The van der Waals surface area contributed by atoms with Gasteiger partial charge in [0, 0.05) is 12.0 Å². The molecule has 0 aromatic carbocycles. The third kappa shape index (κ3) is 3.48. The molecule has 2 nitrogen and oxygen atoms in total. The Morgan fingerprint density at radius 2 is 1.89 bits per heavy atom. The van der Waals surface area contributed by atoms with E-state index in [1.165, 1.54) is 32.1 Å². The van der Waals surface area contributed by atoms with Gasteiger partial charge < -0.3 is 10.1 Å². The fraction of sp³-hybridized carbons (Fsp3) is 1.00. The third-order valence-corrected chi connectivity index (χ3v) is 5.02. The van der Waals surface area contributed by atoms with Crippen molar-refractivity contribution >= 4 is 0 Å². The van der Waals surface area contributed by atoms with Crippen LogP contribution < -0.4 is 5.32 Å². The van der Waals surface area contributed by atoms with Gasteiger partial charge in [-0.1, -0.05) is 26.7 Å². The van der Waals surface area contributed by atoms with E-state index in [1.54, 1.807) is 0 Å². The molecule has 1 aliphatic carbocycles. The average Bonchev–Trinajstić information content (AvgIpc) is 3.11. The minimum Gasteiger partial charge on any atom is -0.375 e. The first-order chi connectivity index (χ1) is 8.63. The minimum atomic E-state index is 0.420. The fourth-order valence-corrected chi connectivity index (χ4v) is 3.57. The van der Waals surface area contributed by atoms with E-state index in [4.69, 9.17) is 4.74 Å². The molecule has 5 atom stereocenters. The molecular weight excluding hydrogens is 222 g/mol. The Kier molecular flexibility index (Phi) is 5.08. The van der Waals surface area contributed by atoms with Gasteiger partial charge in [-0.25, -0.2) is 0 Å². The van der Waals surface area contributed by atoms with Crippen molar-refractivity contribution in [2.24, 2.45) is 17.8 Å². The lowest BCUT2D eigenvalue weighted by Gasteiger charge is -2.30. The maximum atomic E-state index is 6.03. The number of rotatable bonds is 7. The van der Waals surface area contributed by atoms with Crippen LogP contribution in [0.2, 0.25) is 0 Å². The van der Waals surface area contributed by atoms with E-state index in [0.29, 0.717) is 30.1 Å². The lowest BCUT2D eigenvalue weighted by atomic mass is 9.81. The highest BCUT2D eigenvalue weighted by Crippen LogP contribution is 2.39. The Labute approximate surface area is 113 Å². The van der Waals surface area contributed by atoms with E-state index in [0.717, 1.165) is 12.5 Å². The standard InChI is InChI=1S/C16H31NO/c1-5-10-17-15(9-8-14-6-7-14)16-11(2)12(3)18-13(16)4/h11-17H,5-10H2,1-4H3. The van der Waals surface area contributed by atoms with E-state index in [9.17, 15) is 0 Å². The van der Waals surface area contributed by atoms with E-state index >= 15 is 0 Å². The first-order valence-electron chi connectivity index (χ1n) is 8.02. The molecule has 1 saturated heterocycles. The molecule has 0 bridgehead atoms. The molecule has 106 valence electrons. The Balaban J connectivity index is 1.91. The molecule has 2 rings (SSSR count).